The summed E-state index contributed by atoms with van der Waals surface area (Å²) in [5.41, 5.74) is 3.14. The average Bonchev–Trinajstić information content (AvgIpc) is 3.14. The number of rotatable bonds is 4. The summed E-state index contributed by atoms with van der Waals surface area (Å²) in [6.07, 6.45) is 0.504. The number of halogens is 1. The maximum atomic E-state index is 15.2. The standard InChI is InChI=1S/C23H24FN3O3S/c1-11-7-12(19-13(8-11)26-16(30-6)10-25-19)22-27-20-15(31-22)9-14(29-5)18(24)17(20)21(28)23(2,3)4/h7-10,21,28H,1-6H3. The van der Waals surface area contributed by atoms with Crippen molar-refractivity contribution in [2.24, 2.45) is 5.41 Å². The summed E-state index contributed by atoms with van der Waals surface area (Å²) in [7, 11) is 2.96. The third kappa shape index (κ3) is 3.70. The molecular formula is C23H24FN3O3S. The molecule has 8 heteroatoms. The number of aromatic nitrogens is 3. The number of nitrogens with zero attached hydrogens (tertiary/aromatic N) is 3. The lowest BCUT2D eigenvalue weighted by atomic mass is 9.84. The van der Waals surface area contributed by atoms with E-state index in [0.29, 0.717) is 27.4 Å². The van der Waals surface area contributed by atoms with Crippen molar-refractivity contribution in [1.82, 2.24) is 15.0 Å². The van der Waals surface area contributed by atoms with Crippen LogP contribution in [0.3, 0.4) is 0 Å². The molecule has 0 radical (unpaired) electrons. The van der Waals surface area contributed by atoms with E-state index >= 15 is 4.39 Å². The molecule has 4 rings (SSSR count). The van der Waals surface area contributed by atoms with E-state index in [1.807, 2.05) is 39.8 Å². The smallest absolute Gasteiger partial charge is 0.232 e. The van der Waals surface area contributed by atoms with Crippen LogP contribution in [-0.4, -0.2) is 34.3 Å². The van der Waals surface area contributed by atoms with Gasteiger partial charge in [0.1, 0.15) is 5.01 Å². The summed E-state index contributed by atoms with van der Waals surface area (Å²) in [6, 6.07) is 5.53. The number of fused-ring (bicyclic) bond motifs is 2. The van der Waals surface area contributed by atoms with Gasteiger partial charge in [0.25, 0.3) is 0 Å². The minimum absolute atomic E-state index is 0.0830. The van der Waals surface area contributed by atoms with Crippen molar-refractivity contribution in [3.8, 4) is 22.2 Å². The molecular weight excluding hydrogens is 417 g/mol. The van der Waals surface area contributed by atoms with E-state index < -0.39 is 17.3 Å². The number of ether oxygens (including phenoxy) is 2. The highest BCUT2D eigenvalue weighted by atomic mass is 32.1. The zero-order chi connectivity index (χ0) is 22.5. The van der Waals surface area contributed by atoms with Crippen LogP contribution < -0.4 is 9.47 Å². The molecule has 0 aliphatic rings. The summed E-state index contributed by atoms with van der Waals surface area (Å²) >= 11 is 1.40. The second kappa shape index (κ2) is 7.69. The van der Waals surface area contributed by atoms with Crippen molar-refractivity contribution in [2.45, 2.75) is 33.8 Å². The first kappa shape index (κ1) is 21.4. The zero-order valence-corrected chi connectivity index (χ0v) is 19.1. The van der Waals surface area contributed by atoms with E-state index in [1.165, 1.54) is 18.4 Å². The molecule has 0 aliphatic heterocycles. The van der Waals surface area contributed by atoms with Crippen LogP contribution in [0.2, 0.25) is 0 Å². The van der Waals surface area contributed by atoms with E-state index in [0.717, 1.165) is 15.8 Å². The lowest BCUT2D eigenvalue weighted by Gasteiger charge is -2.27. The first-order chi connectivity index (χ1) is 14.6. The topological polar surface area (TPSA) is 77.4 Å². The zero-order valence-electron chi connectivity index (χ0n) is 18.3. The van der Waals surface area contributed by atoms with Gasteiger partial charge in [-0.2, -0.15) is 0 Å². The molecule has 2 aromatic carbocycles. The quantitative estimate of drug-likeness (QED) is 0.454. The monoisotopic (exact) mass is 441 g/mol. The molecule has 0 saturated carbocycles. The van der Waals surface area contributed by atoms with Crippen LogP contribution in [0.4, 0.5) is 4.39 Å². The van der Waals surface area contributed by atoms with Gasteiger partial charge >= 0.3 is 0 Å². The van der Waals surface area contributed by atoms with Crippen molar-refractivity contribution in [1.29, 1.82) is 0 Å². The molecule has 0 fully saturated rings. The average molecular weight is 442 g/mol. The van der Waals surface area contributed by atoms with Gasteiger partial charge in [-0.1, -0.05) is 20.8 Å². The molecule has 0 aliphatic carbocycles. The van der Waals surface area contributed by atoms with E-state index in [1.54, 1.807) is 19.4 Å². The van der Waals surface area contributed by atoms with Gasteiger partial charge in [-0.05, 0) is 30.0 Å². The largest absolute Gasteiger partial charge is 0.494 e. The molecule has 0 spiro atoms. The predicted molar refractivity (Wildman–Crippen MR) is 120 cm³/mol. The third-order valence-electron chi connectivity index (χ3n) is 5.15. The van der Waals surface area contributed by atoms with E-state index in [4.69, 9.17) is 14.5 Å². The van der Waals surface area contributed by atoms with Gasteiger partial charge in [-0.25, -0.2) is 19.3 Å². The molecule has 1 unspecified atom stereocenters. The molecule has 2 aromatic heterocycles. The van der Waals surface area contributed by atoms with Crippen molar-refractivity contribution in [3.63, 3.8) is 0 Å². The van der Waals surface area contributed by atoms with Gasteiger partial charge in [0.15, 0.2) is 11.6 Å². The summed E-state index contributed by atoms with van der Waals surface area (Å²) in [6.45, 7) is 7.53. The Balaban J connectivity index is 2.01. The number of thiazole rings is 1. The molecule has 0 saturated heterocycles. The van der Waals surface area contributed by atoms with Crippen molar-refractivity contribution < 1.29 is 19.0 Å². The number of hydrogen-bond acceptors (Lipinski definition) is 7. The van der Waals surface area contributed by atoms with Crippen LogP contribution in [0.25, 0.3) is 31.8 Å². The predicted octanol–water partition coefficient (Wildman–Crippen LogP) is 5.45. The highest BCUT2D eigenvalue weighted by molar-refractivity contribution is 7.21. The van der Waals surface area contributed by atoms with Gasteiger partial charge in [-0.15, -0.1) is 11.3 Å². The molecule has 2 heterocycles. The SMILES string of the molecule is COc1cnc2c(-c3nc4c(C(O)C(C)(C)C)c(F)c(OC)cc4s3)cc(C)cc2n1. The number of aryl methyl sites for hydroxylation is 1. The highest BCUT2D eigenvalue weighted by Crippen LogP contribution is 2.44. The Kier molecular flexibility index (Phi) is 5.31. The Labute approximate surface area is 183 Å². The van der Waals surface area contributed by atoms with Gasteiger partial charge < -0.3 is 14.6 Å². The molecule has 4 aromatic rings. The number of benzene rings is 2. The molecule has 31 heavy (non-hydrogen) atoms. The summed E-state index contributed by atoms with van der Waals surface area (Å²) in [5, 5.41) is 11.6. The summed E-state index contributed by atoms with van der Waals surface area (Å²) < 4.78 is 26.4. The molecule has 1 N–H and O–H groups in total. The second-order valence-electron chi connectivity index (χ2n) is 8.53. The Morgan fingerprint density at radius 1 is 1.06 bits per heavy atom. The minimum Gasteiger partial charge on any atom is -0.494 e. The number of hydrogen-bond donors (Lipinski definition) is 1. The van der Waals surface area contributed by atoms with Crippen LogP contribution in [0.15, 0.2) is 24.4 Å². The maximum absolute atomic E-state index is 15.2. The van der Waals surface area contributed by atoms with E-state index in [2.05, 4.69) is 9.97 Å². The van der Waals surface area contributed by atoms with Crippen LogP contribution in [0.5, 0.6) is 11.6 Å². The first-order valence-electron chi connectivity index (χ1n) is 9.80. The first-order valence-corrected chi connectivity index (χ1v) is 10.6. The fraction of sp³-hybridized carbons (Fsp3) is 0.348. The van der Waals surface area contributed by atoms with Gasteiger partial charge in [0, 0.05) is 17.2 Å². The Bertz CT molecular complexity index is 1300. The van der Waals surface area contributed by atoms with Crippen LogP contribution in [0, 0.1) is 18.2 Å². The number of aliphatic hydroxyl groups is 1. The van der Waals surface area contributed by atoms with Crippen LogP contribution in [-0.2, 0) is 0 Å². The molecule has 6 nitrogen and oxygen atoms in total. The van der Waals surface area contributed by atoms with Crippen molar-refractivity contribution in [2.75, 3.05) is 14.2 Å². The lowest BCUT2D eigenvalue weighted by molar-refractivity contribution is 0.0603. The van der Waals surface area contributed by atoms with Gasteiger partial charge in [-0.3, -0.25) is 0 Å². The fourth-order valence-corrected chi connectivity index (χ4v) is 4.53. The Morgan fingerprint density at radius 3 is 2.45 bits per heavy atom. The van der Waals surface area contributed by atoms with Gasteiger partial charge in [0.05, 0.1) is 47.8 Å². The maximum Gasteiger partial charge on any atom is 0.232 e. The Morgan fingerprint density at radius 2 is 1.81 bits per heavy atom. The van der Waals surface area contributed by atoms with Crippen molar-refractivity contribution >= 4 is 32.6 Å². The van der Waals surface area contributed by atoms with E-state index in [-0.39, 0.29) is 11.3 Å². The minimum atomic E-state index is -1.06. The van der Waals surface area contributed by atoms with Crippen LogP contribution >= 0.6 is 11.3 Å². The highest BCUT2D eigenvalue weighted by Gasteiger charge is 2.31. The second-order valence-corrected chi connectivity index (χ2v) is 9.56. The molecule has 0 amide bonds. The van der Waals surface area contributed by atoms with Crippen molar-refractivity contribution in [3.05, 3.63) is 41.3 Å². The summed E-state index contributed by atoms with van der Waals surface area (Å²) in [5.74, 6) is -0.0803. The Hall–Kier alpha value is -2.84. The lowest BCUT2D eigenvalue weighted by Crippen LogP contribution is -2.19. The molecule has 162 valence electrons. The number of aliphatic hydroxyl groups excluding tert-OH is 1. The third-order valence-corrected chi connectivity index (χ3v) is 6.18. The number of methoxy groups -OCH3 is 2. The van der Waals surface area contributed by atoms with Crippen LogP contribution in [0.1, 0.15) is 38.0 Å². The normalized spacial score (nSPS) is 13.0. The van der Waals surface area contributed by atoms with E-state index in [9.17, 15) is 5.11 Å². The molecule has 0 bridgehead atoms. The molecule has 1 atom stereocenters. The van der Waals surface area contributed by atoms with Gasteiger partial charge in [0.2, 0.25) is 5.88 Å². The fourth-order valence-electron chi connectivity index (χ4n) is 3.50. The summed E-state index contributed by atoms with van der Waals surface area (Å²) in [4.78, 5) is 13.8.